The van der Waals surface area contributed by atoms with Gasteiger partial charge in [-0.1, -0.05) is 25.5 Å². The molecule has 0 spiro atoms. The Morgan fingerprint density at radius 3 is 2.76 bits per heavy atom. The van der Waals surface area contributed by atoms with Crippen LogP contribution in [0.4, 0.5) is 0 Å². The number of benzene rings is 1. The predicted molar refractivity (Wildman–Crippen MR) is 80.8 cm³/mol. The van der Waals surface area contributed by atoms with E-state index in [1.54, 1.807) is 7.11 Å². The van der Waals surface area contributed by atoms with E-state index >= 15 is 0 Å². The Labute approximate surface area is 123 Å². The number of aromatic nitrogens is 2. The van der Waals surface area contributed by atoms with Crippen LogP contribution in [0.5, 0.6) is 5.75 Å². The first kappa shape index (κ1) is 15.0. The van der Waals surface area contributed by atoms with Crippen molar-refractivity contribution in [2.75, 3.05) is 7.11 Å². The molecular formula is C16H18N2O3. The summed E-state index contributed by atoms with van der Waals surface area (Å²) in [6.45, 7) is 2.54. The Balaban J connectivity index is 2.58. The fraction of sp³-hybridized carbons (Fsp3) is 0.312. The van der Waals surface area contributed by atoms with Gasteiger partial charge in [-0.3, -0.25) is 9.59 Å². The summed E-state index contributed by atoms with van der Waals surface area (Å²) in [7, 11) is 1.58. The quantitative estimate of drug-likeness (QED) is 0.766. The maximum Gasteiger partial charge on any atom is 0.277 e. The third-order valence-electron chi connectivity index (χ3n) is 3.24. The van der Waals surface area contributed by atoms with Crippen LogP contribution in [0.3, 0.4) is 0 Å². The largest absolute Gasteiger partial charge is 0.496 e. The van der Waals surface area contributed by atoms with Crippen LogP contribution in [0.25, 0.3) is 11.3 Å². The molecule has 0 radical (unpaired) electrons. The SMILES string of the molecule is CCCCn1nc(-c2ccccc2OC)cc(C=O)c1=O. The Bertz CT molecular complexity index is 692. The topological polar surface area (TPSA) is 61.2 Å². The van der Waals surface area contributed by atoms with Gasteiger partial charge in [-0.25, -0.2) is 4.68 Å². The average molecular weight is 286 g/mol. The lowest BCUT2D eigenvalue weighted by molar-refractivity contribution is 0.112. The van der Waals surface area contributed by atoms with Crippen molar-refractivity contribution < 1.29 is 9.53 Å². The lowest BCUT2D eigenvalue weighted by Gasteiger charge is -2.11. The second kappa shape index (κ2) is 6.83. The van der Waals surface area contributed by atoms with Crippen LogP contribution >= 0.6 is 0 Å². The molecule has 0 bridgehead atoms. The van der Waals surface area contributed by atoms with E-state index in [1.807, 2.05) is 31.2 Å². The standard InChI is InChI=1S/C16H18N2O3/c1-3-4-9-18-16(20)12(11-19)10-14(17-18)13-7-5-6-8-15(13)21-2/h5-8,10-11H,3-4,9H2,1-2H3. The van der Waals surface area contributed by atoms with Gasteiger partial charge in [0.2, 0.25) is 0 Å². The fourth-order valence-corrected chi connectivity index (χ4v) is 2.09. The number of hydrogen-bond acceptors (Lipinski definition) is 4. The molecule has 0 aliphatic carbocycles. The molecule has 0 fully saturated rings. The number of carbonyl (C=O) groups is 1. The zero-order chi connectivity index (χ0) is 15.2. The zero-order valence-corrected chi connectivity index (χ0v) is 12.2. The van der Waals surface area contributed by atoms with E-state index in [4.69, 9.17) is 4.74 Å². The van der Waals surface area contributed by atoms with Crippen molar-refractivity contribution >= 4 is 6.29 Å². The summed E-state index contributed by atoms with van der Waals surface area (Å²) >= 11 is 0. The number of aldehydes is 1. The maximum atomic E-state index is 12.1. The highest BCUT2D eigenvalue weighted by Gasteiger charge is 2.12. The molecule has 5 heteroatoms. The van der Waals surface area contributed by atoms with Gasteiger partial charge in [-0.05, 0) is 24.6 Å². The average Bonchev–Trinajstić information content (AvgIpc) is 2.53. The summed E-state index contributed by atoms with van der Waals surface area (Å²) < 4.78 is 6.66. The third-order valence-corrected chi connectivity index (χ3v) is 3.24. The fourth-order valence-electron chi connectivity index (χ4n) is 2.09. The first-order valence-corrected chi connectivity index (χ1v) is 6.92. The van der Waals surface area contributed by atoms with Gasteiger partial charge in [-0.15, -0.1) is 0 Å². The predicted octanol–water partition coefficient (Wildman–Crippen LogP) is 2.53. The number of para-hydroxylation sites is 1. The Kier molecular flexibility index (Phi) is 4.87. The van der Waals surface area contributed by atoms with Crippen LogP contribution in [0.15, 0.2) is 35.1 Å². The van der Waals surface area contributed by atoms with Gasteiger partial charge in [0.15, 0.2) is 6.29 Å². The number of carbonyl (C=O) groups excluding carboxylic acids is 1. The second-order valence-corrected chi connectivity index (χ2v) is 4.68. The van der Waals surface area contributed by atoms with Gasteiger partial charge in [0, 0.05) is 12.1 Å². The normalized spacial score (nSPS) is 10.4. The summed E-state index contributed by atoms with van der Waals surface area (Å²) in [5.74, 6) is 0.655. The van der Waals surface area contributed by atoms with Crippen LogP contribution in [-0.2, 0) is 6.54 Å². The molecule has 0 aliphatic heterocycles. The van der Waals surface area contributed by atoms with E-state index < -0.39 is 0 Å². The molecule has 21 heavy (non-hydrogen) atoms. The molecule has 1 heterocycles. The van der Waals surface area contributed by atoms with E-state index in [9.17, 15) is 9.59 Å². The number of hydrogen-bond donors (Lipinski definition) is 0. The molecule has 0 saturated carbocycles. The zero-order valence-electron chi connectivity index (χ0n) is 12.2. The van der Waals surface area contributed by atoms with Gasteiger partial charge >= 0.3 is 0 Å². The number of methoxy groups -OCH3 is 1. The van der Waals surface area contributed by atoms with Crippen molar-refractivity contribution in [3.63, 3.8) is 0 Å². The Hall–Kier alpha value is -2.43. The summed E-state index contributed by atoms with van der Waals surface area (Å²) in [6.07, 6.45) is 2.36. The van der Waals surface area contributed by atoms with Crippen molar-refractivity contribution in [1.82, 2.24) is 9.78 Å². The van der Waals surface area contributed by atoms with Gasteiger partial charge in [0.25, 0.3) is 5.56 Å². The lowest BCUT2D eigenvalue weighted by atomic mass is 10.1. The molecule has 110 valence electrons. The van der Waals surface area contributed by atoms with Crippen LogP contribution in [0.2, 0.25) is 0 Å². The van der Waals surface area contributed by atoms with Crippen LogP contribution in [0, 0.1) is 0 Å². The van der Waals surface area contributed by atoms with E-state index in [0.29, 0.717) is 24.3 Å². The van der Waals surface area contributed by atoms with Crippen LogP contribution in [-0.4, -0.2) is 23.2 Å². The molecule has 2 rings (SSSR count). The molecule has 1 aromatic heterocycles. The monoisotopic (exact) mass is 286 g/mol. The number of aryl methyl sites for hydroxylation is 1. The smallest absolute Gasteiger partial charge is 0.277 e. The number of rotatable bonds is 6. The highest BCUT2D eigenvalue weighted by atomic mass is 16.5. The first-order chi connectivity index (χ1) is 10.2. The molecule has 0 aliphatic rings. The third kappa shape index (κ3) is 3.18. The van der Waals surface area contributed by atoms with Crippen molar-refractivity contribution in [2.45, 2.75) is 26.3 Å². The van der Waals surface area contributed by atoms with Crippen molar-refractivity contribution in [2.24, 2.45) is 0 Å². The summed E-state index contributed by atoms with van der Waals surface area (Å²) in [5.41, 5.74) is 1.08. The molecule has 0 saturated heterocycles. The van der Waals surface area contributed by atoms with Gasteiger partial charge in [0.1, 0.15) is 5.75 Å². The highest BCUT2D eigenvalue weighted by molar-refractivity contribution is 5.78. The summed E-state index contributed by atoms with van der Waals surface area (Å²) in [6, 6.07) is 8.90. The first-order valence-electron chi connectivity index (χ1n) is 6.92. The van der Waals surface area contributed by atoms with E-state index in [-0.39, 0.29) is 11.1 Å². The van der Waals surface area contributed by atoms with Crippen LogP contribution in [0.1, 0.15) is 30.1 Å². The second-order valence-electron chi connectivity index (χ2n) is 4.68. The molecular weight excluding hydrogens is 268 g/mol. The molecule has 2 aromatic rings. The lowest BCUT2D eigenvalue weighted by Crippen LogP contribution is -2.26. The van der Waals surface area contributed by atoms with E-state index in [0.717, 1.165) is 18.4 Å². The molecule has 1 aromatic carbocycles. The Morgan fingerprint density at radius 1 is 1.33 bits per heavy atom. The molecule has 0 N–H and O–H groups in total. The number of ether oxygens (including phenoxy) is 1. The van der Waals surface area contributed by atoms with E-state index in [1.165, 1.54) is 10.7 Å². The number of unbranched alkanes of at least 4 members (excludes halogenated alkanes) is 1. The molecule has 0 unspecified atom stereocenters. The summed E-state index contributed by atoms with van der Waals surface area (Å²) in [5, 5.41) is 4.36. The maximum absolute atomic E-state index is 12.1. The highest BCUT2D eigenvalue weighted by Crippen LogP contribution is 2.27. The minimum absolute atomic E-state index is 0.113. The molecule has 0 atom stereocenters. The van der Waals surface area contributed by atoms with E-state index in [2.05, 4.69) is 5.10 Å². The van der Waals surface area contributed by atoms with Crippen LogP contribution < -0.4 is 10.3 Å². The molecule has 0 amide bonds. The minimum atomic E-state index is -0.350. The van der Waals surface area contributed by atoms with Crippen molar-refractivity contribution in [3.05, 3.63) is 46.2 Å². The van der Waals surface area contributed by atoms with Crippen molar-refractivity contribution in [1.29, 1.82) is 0 Å². The molecule has 5 nitrogen and oxygen atoms in total. The summed E-state index contributed by atoms with van der Waals surface area (Å²) in [4.78, 5) is 23.2. The van der Waals surface area contributed by atoms with Gasteiger partial charge < -0.3 is 4.74 Å². The Morgan fingerprint density at radius 2 is 2.10 bits per heavy atom. The van der Waals surface area contributed by atoms with Gasteiger partial charge in [0.05, 0.1) is 18.4 Å². The van der Waals surface area contributed by atoms with Crippen molar-refractivity contribution in [3.8, 4) is 17.0 Å². The number of nitrogens with zero attached hydrogens (tertiary/aromatic N) is 2. The minimum Gasteiger partial charge on any atom is -0.496 e. The van der Waals surface area contributed by atoms with Gasteiger partial charge in [-0.2, -0.15) is 5.10 Å².